The lowest BCUT2D eigenvalue weighted by atomic mass is 10.2. The highest BCUT2D eigenvalue weighted by Gasteiger charge is 2.24. The van der Waals surface area contributed by atoms with Crippen LogP contribution in [0.3, 0.4) is 0 Å². The molecule has 0 saturated carbocycles. The predicted octanol–water partition coefficient (Wildman–Crippen LogP) is 1.01. The Hall–Kier alpha value is -1.59. The quantitative estimate of drug-likeness (QED) is 0.765. The molecule has 1 atom stereocenters. The number of nitrogens with two attached hydrogens (primary N) is 1. The Bertz CT molecular complexity index is 387. The number of hydrogen-bond donors (Lipinski definition) is 2. The first-order chi connectivity index (χ1) is 8.15. The molecular formula is C12H16N2O3. The Morgan fingerprint density at radius 1 is 1.47 bits per heavy atom. The molecule has 0 aromatic heterocycles. The number of carbonyl (C=O) groups is 1. The Morgan fingerprint density at radius 2 is 2.12 bits per heavy atom. The number of rotatable bonds is 4. The summed E-state index contributed by atoms with van der Waals surface area (Å²) in [5, 5.41) is 2.76. The van der Waals surface area contributed by atoms with Gasteiger partial charge < -0.3 is 20.5 Å². The van der Waals surface area contributed by atoms with Crippen molar-refractivity contribution in [3.8, 4) is 0 Å². The number of carbonyl (C=O) groups excluding carboxylic acids is 1. The summed E-state index contributed by atoms with van der Waals surface area (Å²) in [4.78, 5) is 11.8. The van der Waals surface area contributed by atoms with Crippen molar-refractivity contribution in [2.24, 2.45) is 0 Å². The van der Waals surface area contributed by atoms with Crippen LogP contribution >= 0.6 is 0 Å². The second-order valence-electron chi connectivity index (χ2n) is 4.05. The summed E-state index contributed by atoms with van der Waals surface area (Å²) in [5.74, 6) is -0.165. The SMILES string of the molecule is CC(OC1COC1)C(=O)Nc1ccc(N)cc1. The first-order valence-electron chi connectivity index (χ1n) is 5.55. The molecule has 1 saturated heterocycles. The van der Waals surface area contributed by atoms with Crippen LogP contribution in [0.15, 0.2) is 24.3 Å². The maximum atomic E-state index is 11.8. The predicted molar refractivity (Wildman–Crippen MR) is 64.6 cm³/mol. The van der Waals surface area contributed by atoms with E-state index >= 15 is 0 Å². The molecule has 1 aromatic carbocycles. The Balaban J connectivity index is 1.84. The van der Waals surface area contributed by atoms with Gasteiger partial charge in [0.05, 0.1) is 13.2 Å². The normalized spacial score (nSPS) is 17.2. The van der Waals surface area contributed by atoms with Gasteiger partial charge in [0, 0.05) is 11.4 Å². The second-order valence-corrected chi connectivity index (χ2v) is 4.05. The lowest BCUT2D eigenvalue weighted by Crippen LogP contribution is -2.41. The average Bonchev–Trinajstić information content (AvgIpc) is 2.26. The van der Waals surface area contributed by atoms with Crippen LogP contribution in [0.25, 0.3) is 0 Å². The van der Waals surface area contributed by atoms with E-state index < -0.39 is 6.10 Å². The maximum Gasteiger partial charge on any atom is 0.253 e. The zero-order valence-corrected chi connectivity index (χ0v) is 9.68. The number of anilines is 2. The monoisotopic (exact) mass is 236 g/mol. The van der Waals surface area contributed by atoms with Crippen LogP contribution in [0.5, 0.6) is 0 Å². The van der Waals surface area contributed by atoms with Crippen LogP contribution in [0.4, 0.5) is 11.4 Å². The van der Waals surface area contributed by atoms with Gasteiger partial charge >= 0.3 is 0 Å². The number of ether oxygens (including phenoxy) is 2. The van der Waals surface area contributed by atoms with E-state index in [2.05, 4.69) is 5.32 Å². The summed E-state index contributed by atoms with van der Waals surface area (Å²) in [6, 6.07) is 6.99. The van der Waals surface area contributed by atoms with Crippen LogP contribution in [-0.2, 0) is 14.3 Å². The third-order valence-electron chi connectivity index (χ3n) is 2.55. The van der Waals surface area contributed by atoms with Gasteiger partial charge in [0.2, 0.25) is 0 Å². The summed E-state index contributed by atoms with van der Waals surface area (Å²) < 4.78 is 10.5. The largest absolute Gasteiger partial charge is 0.399 e. The number of nitrogens with one attached hydrogen (secondary N) is 1. The zero-order chi connectivity index (χ0) is 12.3. The summed E-state index contributed by atoms with van der Waals surface area (Å²) in [6.45, 7) is 2.87. The fourth-order valence-electron chi connectivity index (χ4n) is 1.45. The van der Waals surface area contributed by atoms with Crippen LogP contribution in [-0.4, -0.2) is 31.3 Å². The first-order valence-corrected chi connectivity index (χ1v) is 5.55. The topological polar surface area (TPSA) is 73.6 Å². The molecule has 1 fully saturated rings. The minimum atomic E-state index is -0.485. The third kappa shape index (κ3) is 3.18. The van der Waals surface area contributed by atoms with E-state index in [9.17, 15) is 4.79 Å². The minimum absolute atomic E-state index is 0.0437. The summed E-state index contributed by atoms with van der Waals surface area (Å²) >= 11 is 0. The summed E-state index contributed by atoms with van der Waals surface area (Å²) in [6.07, 6.45) is -0.441. The molecule has 17 heavy (non-hydrogen) atoms. The van der Waals surface area contributed by atoms with Crippen molar-refractivity contribution in [1.29, 1.82) is 0 Å². The average molecular weight is 236 g/mol. The van der Waals surface area contributed by atoms with Gasteiger partial charge in [-0.05, 0) is 31.2 Å². The van der Waals surface area contributed by atoms with Gasteiger partial charge in [0.1, 0.15) is 12.2 Å². The molecule has 1 aliphatic heterocycles. The van der Waals surface area contributed by atoms with Gasteiger partial charge in [-0.25, -0.2) is 0 Å². The third-order valence-corrected chi connectivity index (χ3v) is 2.55. The van der Waals surface area contributed by atoms with Gasteiger partial charge in [-0.3, -0.25) is 4.79 Å². The number of amides is 1. The van der Waals surface area contributed by atoms with Crippen molar-refractivity contribution >= 4 is 17.3 Å². The van der Waals surface area contributed by atoms with E-state index in [1.165, 1.54) is 0 Å². The second kappa shape index (κ2) is 5.16. The Morgan fingerprint density at radius 3 is 2.65 bits per heavy atom. The molecule has 1 unspecified atom stereocenters. The molecule has 3 N–H and O–H groups in total. The van der Waals surface area contributed by atoms with Crippen molar-refractivity contribution in [3.63, 3.8) is 0 Å². The summed E-state index contributed by atoms with van der Waals surface area (Å²) in [7, 11) is 0. The van der Waals surface area contributed by atoms with E-state index in [1.54, 1.807) is 31.2 Å². The molecule has 92 valence electrons. The minimum Gasteiger partial charge on any atom is -0.399 e. The van der Waals surface area contributed by atoms with E-state index in [1.807, 2.05) is 0 Å². The van der Waals surface area contributed by atoms with Gasteiger partial charge in [0.25, 0.3) is 5.91 Å². The zero-order valence-electron chi connectivity index (χ0n) is 9.68. The fraction of sp³-hybridized carbons (Fsp3) is 0.417. The Kier molecular flexibility index (Phi) is 3.61. The number of benzene rings is 1. The van der Waals surface area contributed by atoms with Crippen LogP contribution < -0.4 is 11.1 Å². The molecular weight excluding hydrogens is 220 g/mol. The summed E-state index contributed by atoms with van der Waals surface area (Å²) in [5.41, 5.74) is 6.94. The van der Waals surface area contributed by atoms with Crippen LogP contribution in [0.1, 0.15) is 6.92 Å². The Labute approximate surface area is 99.9 Å². The first kappa shape index (κ1) is 11.9. The molecule has 5 heteroatoms. The molecule has 1 aliphatic rings. The highest BCUT2D eigenvalue weighted by molar-refractivity contribution is 5.94. The van der Waals surface area contributed by atoms with Crippen molar-refractivity contribution in [2.45, 2.75) is 19.1 Å². The van der Waals surface area contributed by atoms with Gasteiger partial charge in [-0.2, -0.15) is 0 Å². The highest BCUT2D eigenvalue weighted by atomic mass is 16.6. The van der Waals surface area contributed by atoms with Crippen LogP contribution in [0, 0.1) is 0 Å². The van der Waals surface area contributed by atoms with Crippen LogP contribution in [0.2, 0.25) is 0 Å². The molecule has 2 rings (SSSR count). The molecule has 0 radical (unpaired) electrons. The molecule has 0 bridgehead atoms. The van der Waals surface area contributed by atoms with Crippen molar-refractivity contribution in [2.75, 3.05) is 24.3 Å². The van der Waals surface area contributed by atoms with E-state index in [0.717, 1.165) is 0 Å². The molecule has 5 nitrogen and oxygen atoms in total. The smallest absolute Gasteiger partial charge is 0.253 e. The lowest BCUT2D eigenvalue weighted by Gasteiger charge is -2.28. The maximum absolute atomic E-state index is 11.8. The van der Waals surface area contributed by atoms with Gasteiger partial charge in [-0.15, -0.1) is 0 Å². The molecule has 1 heterocycles. The van der Waals surface area contributed by atoms with E-state index in [0.29, 0.717) is 24.6 Å². The van der Waals surface area contributed by atoms with Crippen molar-refractivity contribution in [3.05, 3.63) is 24.3 Å². The molecule has 1 aromatic rings. The highest BCUT2D eigenvalue weighted by Crippen LogP contribution is 2.13. The fourth-order valence-corrected chi connectivity index (χ4v) is 1.45. The number of hydrogen-bond acceptors (Lipinski definition) is 4. The van der Waals surface area contributed by atoms with Crippen molar-refractivity contribution < 1.29 is 14.3 Å². The molecule has 0 spiro atoms. The van der Waals surface area contributed by atoms with E-state index in [-0.39, 0.29) is 12.0 Å². The standard InChI is InChI=1S/C12H16N2O3/c1-8(17-11-6-16-7-11)12(15)14-10-4-2-9(13)3-5-10/h2-5,8,11H,6-7,13H2,1H3,(H,14,15). The molecule has 1 amide bonds. The van der Waals surface area contributed by atoms with Gasteiger partial charge in [0.15, 0.2) is 0 Å². The van der Waals surface area contributed by atoms with Gasteiger partial charge in [-0.1, -0.05) is 0 Å². The van der Waals surface area contributed by atoms with E-state index in [4.69, 9.17) is 15.2 Å². The lowest BCUT2D eigenvalue weighted by molar-refractivity contribution is -0.161. The van der Waals surface area contributed by atoms with Crippen molar-refractivity contribution in [1.82, 2.24) is 0 Å². The molecule has 0 aliphatic carbocycles. The number of nitrogen functional groups attached to an aromatic ring is 1.